The topological polar surface area (TPSA) is 65.4 Å². The van der Waals surface area contributed by atoms with Gasteiger partial charge in [-0.2, -0.15) is 0 Å². The average molecular weight is 364 g/mol. The zero-order valence-electron chi connectivity index (χ0n) is 16.3. The summed E-state index contributed by atoms with van der Waals surface area (Å²) in [6, 6.07) is 3.42. The number of morpholine rings is 2. The number of phenols is 2. The minimum atomic E-state index is 0.180. The van der Waals surface area contributed by atoms with E-state index in [-0.39, 0.29) is 35.9 Å². The Kier molecular flexibility index (Phi) is 6.07. The molecule has 0 aromatic heterocycles. The second-order valence-corrected chi connectivity index (χ2v) is 8.01. The highest BCUT2D eigenvalue weighted by atomic mass is 16.5. The summed E-state index contributed by atoms with van der Waals surface area (Å²) in [5.41, 5.74) is 1.52. The first-order valence-corrected chi connectivity index (χ1v) is 9.59. The summed E-state index contributed by atoms with van der Waals surface area (Å²) in [6.07, 6.45) is 0.719. The van der Waals surface area contributed by atoms with Crippen LogP contribution in [0.4, 0.5) is 0 Å². The number of aromatic hydroxyl groups is 2. The lowest BCUT2D eigenvalue weighted by molar-refractivity contribution is -0.0711. The van der Waals surface area contributed by atoms with Crippen molar-refractivity contribution >= 4 is 0 Å². The predicted octanol–water partition coefficient (Wildman–Crippen LogP) is 2.32. The van der Waals surface area contributed by atoms with Crippen molar-refractivity contribution in [1.82, 2.24) is 9.80 Å². The van der Waals surface area contributed by atoms with E-state index < -0.39 is 0 Å². The molecule has 0 saturated carbocycles. The molecule has 4 atom stereocenters. The molecule has 0 radical (unpaired) electrons. The van der Waals surface area contributed by atoms with E-state index in [1.165, 1.54) is 0 Å². The molecule has 2 saturated heterocycles. The molecule has 0 amide bonds. The largest absolute Gasteiger partial charge is 0.508 e. The van der Waals surface area contributed by atoms with Crippen LogP contribution in [0.3, 0.4) is 0 Å². The molecule has 0 bridgehead atoms. The molecule has 0 spiro atoms. The van der Waals surface area contributed by atoms with Crippen LogP contribution in [0, 0.1) is 0 Å². The van der Waals surface area contributed by atoms with E-state index in [4.69, 9.17) is 9.47 Å². The smallest absolute Gasteiger partial charge is 0.120 e. The van der Waals surface area contributed by atoms with Gasteiger partial charge in [0, 0.05) is 50.4 Å². The van der Waals surface area contributed by atoms with Crippen molar-refractivity contribution in [1.29, 1.82) is 0 Å². The van der Waals surface area contributed by atoms with E-state index in [9.17, 15) is 10.2 Å². The van der Waals surface area contributed by atoms with Gasteiger partial charge in [-0.3, -0.25) is 9.80 Å². The maximum Gasteiger partial charge on any atom is 0.120 e. The van der Waals surface area contributed by atoms with E-state index in [1.807, 2.05) is 0 Å². The normalized spacial score (nSPS) is 31.2. The highest BCUT2D eigenvalue weighted by molar-refractivity contribution is 5.45. The van der Waals surface area contributed by atoms with E-state index in [0.717, 1.165) is 37.3 Å². The molecule has 2 fully saturated rings. The number of rotatable bonds is 4. The van der Waals surface area contributed by atoms with Crippen LogP contribution in [0.25, 0.3) is 0 Å². The highest BCUT2D eigenvalue weighted by Crippen LogP contribution is 2.30. The number of hydrogen-bond donors (Lipinski definition) is 2. The zero-order chi connectivity index (χ0) is 18.8. The molecule has 26 heavy (non-hydrogen) atoms. The third kappa shape index (κ3) is 4.88. The molecule has 6 heteroatoms. The summed E-state index contributed by atoms with van der Waals surface area (Å²) in [7, 11) is 0. The monoisotopic (exact) mass is 364 g/mol. The number of nitrogens with zero attached hydrogens (tertiary/aromatic N) is 2. The van der Waals surface area contributed by atoms with Gasteiger partial charge in [0.1, 0.15) is 11.5 Å². The molecule has 146 valence electrons. The molecule has 1 aromatic rings. The summed E-state index contributed by atoms with van der Waals surface area (Å²) in [6.45, 7) is 12.8. The van der Waals surface area contributed by atoms with Crippen molar-refractivity contribution < 1.29 is 19.7 Å². The zero-order valence-corrected chi connectivity index (χ0v) is 16.3. The summed E-state index contributed by atoms with van der Waals surface area (Å²) in [5.74, 6) is 0.498. The van der Waals surface area contributed by atoms with E-state index in [0.29, 0.717) is 13.1 Å². The van der Waals surface area contributed by atoms with Crippen LogP contribution in [0.5, 0.6) is 11.5 Å². The van der Waals surface area contributed by atoms with Crippen LogP contribution >= 0.6 is 0 Å². The average Bonchev–Trinajstić information content (AvgIpc) is 2.50. The van der Waals surface area contributed by atoms with Crippen LogP contribution in [-0.4, -0.2) is 70.6 Å². The Labute approximate surface area is 156 Å². The summed E-state index contributed by atoms with van der Waals surface area (Å²) in [4.78, 5) is 4.52. The van der Waals surface area contributed by atoms with Gasteiger partial charge in [0.15, 0.2) is 0 Å². The number of hydrogen-bond acceptors (Lipinski definition) is 6. The third-order valence-electron chi connectivity index (χ3n) is 5.06. The quantitative estimate of drug-likeness (QED) is 0.800. The van der Waals surface area contributed by atoms with E-state index in [1.54, 1.807) is 12.1 Å². The Hall–Kier alpha value is -1.34. The van der Waals surface area contributed by atoms with Crippen LogP contribution in [0.15, 0.2) is 12.1 Å². The van der Waals surface area contributed by atoms with Crippen molar-refractivity contribution in [3.05, 3.63) is 23.3 Å². The molecule has 2 N–H and O–H groups in total. The molecule has 0 aliphatic carbocycles. The minimum Gasteiger partial charge on any atom is -0.508 e. The van der Waals surface area contributed by atoms with Gasteiger partial charge in [0.2, 0.25) is 0 Å². The van der Waals surface area contributed by atoms with Gasteiger partial charge in [-0.1, -0.05) is 0 Å². The van der Waals surface area contributed by atoms with E-state index >= 15 is 0 Å². The van der Waals surface area contributed by atoms with Gasteiger partial charge in [0.25, 0.3) is 0 Å². The summed E-state index contributed by atoms with van der Waals surface area (Å²) in [5, 5.41) is 21.0. The molecular weight excluding hydrogens is 332 g/mol. The molecule has 6 nitrogen and oxygen atoms in total. The maximum absolute atomic E-state index is 10.5. The molecule has 2 aliphatic heterocycles. The lowest BCUT2D eigenvalue weighted by Crippen LogP contribution is -2.45. The first-order valence-electron chi connectivity index (χ1n) is 9.59. The lowest BCUT2D eigenvalue weighted by atomic mass is 10.1. The van der Waals surface area contributed by atoms with E-state index in [2.05, 4.69) is 37.5 Å². The van der Waals surface area contributed by atoms with Crippen LogP contribution < -0.4 is 0 Å². The van der Waals surface area contributed by atoms with Gasteiger partial charge in [-0.25, -0.2) is 0 Å². The van der Waals surface area contributed by atoms with Crippen LogP contribution in [-0.2, 0) is 22.6 Å². The fourth-order valence-electron chi connectivity index (χ4n) is 4.23. The fourth-order valence-corrected chi connectivity index (χ4v) is 4.23. The second kappa shape index (κ2) is 8.13. The Balaban J connectivity index is 1.68. The lowest BCUT2D eigenvalue weighted by Gasteiger charge is -2.36. The SMILES string of the molecule is C[C@@H]1CN(Cc2cc(O)c(CN3C[C@@H](C)O[C@@H](C)C3)cc2O)C[C@@H](C)O1. The number of phenolic OH excluding ortho intramolecular Hbond substituents is 2. The number of ether oxygens (including phenoxy) is 2. The Morgan fingerprint density at radius 2 is 1.04 bits per heavy atom. The van der Waals surface area contributed by atoms with Gasteiger partial charge in [-0.05, 0) is 39.8 Å². The first-order chi connectivity index (χ1) is 12.3. The van der Waals surface area contributed by atoms with Crippen LogP contribution in [0.2, 0.25) is 0 Å². The Bertz CT molecular complexity index is 550. The first kappa shape index (κ1) is 19.4. The van der Waals surface area contributed by atoms with Crippen molar-refractivity contribution in [3.63, 3.8) is 0 Å². The Morgan fingerprint density at radius 3 is 1.35 bits per heavy atom. The third-order valence-corrected chi connectivity index (χ3v) is 5.06. The van der Waals surface area contributed by atoms with Crippen molar-refractivity contribution in [3.8, 4) is 11.5 Å². The molecule has 2 aliphatic rings. The van der Waals surface area contributed by atoms with Crippen molar-refractivity contribution in [2.24, 2.45) is 0 Å². The molecule has 1 aromatic carbocycles. The summed E-state index contributed by atoms with van der Waals surface area (Å²) >= 11 is 0. The van der Waals surface area contributed by atoms with Gasteiger partial charge in [0.05, 0.1) is 24.4 Å². The molecule has 2 heterocycles. The van der Waals surface area contributed by atoms with Gasteiger partial charge < -0.3 is 19.7 Å². The minimum absolute atomic E-state index is 0.180. The van der Waals surface area contributed by atoms with Gasteiger partial charge in [-0.15, -0.1) is 0 Å². The fraction of sp³-hybridized carbons (Fsp3) is 0.700. The van der Waals surface area contributed by atoms with Crippen LogP contribution in [0.1, 0.15) is 38.8 Å². The van der Waals surface area contributed by atoms with Gasteiger partial charge >= 0.3 is 0 Å². The predicted molar refractivity (Wildman–Crippen MR) is 100 cm³/mol. The Morgan fingerprint density at radius 1 is 0.731 bits per heavy atom. The molecule has 0 unspecified atom stereocenters. The second-order valence-electron chi connectivity index (χ2n) is 8.01. The highest BCUT2D eigenvalue weighted by Gasteiger charge is 2.25. The standard InChI is InChI=1S/C20H32N2O4/c1-13-7-21(8-14(2)25-13)11-17-5-20(24)18(6-19(17)23)12-22-9-15(3)26-16(4)10-22/h5-6,13-16,23-24H,7-12H2,1-4H3/t13-,14-,15-,16+/m1/s1. The van der Waals surface area contributed by atoms with Crippen molar-refractivity contribution in [2.45, 2.75) is 65.2 Å². The molecule has 3 rings (SSSR count). The number of benzene rings is 1. The maximum atomic E-state index is 10.5. The summed E-state index contributed by atoms with van der Waals surface area (Å²) < 4.78 is 11.5. The molecular formula is C20H32N2O4. The van der Waals surface area contributed by atoms with Crippen molar-refractivity contribution in [2.75, 3.05) is 26.2 Å².